The minimum Gasteiger partial charge on any atom is -0.490 e. The van der Waals surface area contributed by atoms with Gasteiger partial charge >= 0.3 is 0 Å². The first-order chi connectivity index (χ1) is 15.6. The Morgan fingerprint density at radius 3 is 2.16 bits per heavy atom. The lowest BCUT2D eigenvalue weighted by atomic mass is 10.1. The molecule has 1 aliphatic heterocycles. The summed E-state index contributed by atoms with van der Waals surface area (Å²) in [7, 11) is 0. The van der Waals surface area contributed by atoms with Gasteiger partial charge in [0, 0.05) is 18.7 Å². The monoisotopic (exact) mass is 457 g/mol. The first-order valence-electron chi connectivity index (χ1n) is 11.1. The second kappa shape index (κ2) is 11.6. The molecule has 2 aromatic carbocycles. The van der Waals surface area contributed by atoms with Crippen molar-refractivity contribution < 1.29 is 19.0 Å². The van der Waals surface area contributed by atoms with Crippen LogP contribution in [0.4, 0.5) is 11.4 Å². The number of anilines is 2. The van der Waals surface area contributed by atoms with E-state index in [0.29, 0.717) is 42.6 Å². The van der Waals surface area contributed by atoms with Crippen LogP contribution in [0.5, 0.6) is 17.2 Å². The lowest BCUT2D eigenvalue weighted by Crippen LogP contribution is -2.34. The number of para-hydroxylation sites is 2. The van der Waals surface area contributed by atoms with Gasteiger partial charge in [-0.3, -0.25) is 10.1 Å². The fourth-order valence-corrected chi connectivity index (χ4v) is 3.86. The fourth-order valence-electron chi connectivity index (χ4n) is 3.66. The molecule has 0 atom stereocenters. The lowest BCUT2D eigenvalue weighted by Gasteiger charge is -2.22. The third kappa shape index (κ3) is 5.82. The zero-order valence-electron chi connectivity index (χ0n) is 18.9. The normalized spacial score (nSPS) is 12.9. The third-order valence-electron chi connectivity index (χ3n) is 5.00. The average Bonchev–Trinajstić information content (AvgIpc) is 3.31. The number of nitrogens with one attached hydrogen (secondary N) is 2. The van der Waals surface area contributed by atoms with E-state index in [-0.39, 0.29) is 11.0 Å². The fraction of sp³-hybridized carbons (Fsp3) is 0.417. The van der Waals surface area contributed by atoms with Crippen LogP contribution in [0.1, 0.15) is 44.0 Å². The summed E-state index contributed by atoms with van der Waals surface area (Å²) < 4.78 is 17.1. The van der Waals surface area contributed by atoms with Crippen LogP contribution in [-0.2, 0) is 0 Å². The summed E-state index contributed by atoms with van der Waals surface area (Å²) in [5, 5.41) is 6.16. The molecule has 0 aliphatic carbocycles. The summed E-state index contributed by atoms with van der Waals surface area (Å²) >= 11 is 5.43. The maximum Gasteiger partial charge on any atom is 0.257 e. The van der Waals surface area contributed by atoms with E-state index in [2.05, 4.69) is 21.6 Å². The quantitative estimate of drug-likeness (QED) is 0.533. The minimum absolute atomic E-state index is 0.228. The molecule has 2 aromatic rings. The van der Waals surface area contributed by atoms with Gasteiger partial charge in [0.2, 0.25) is 5.75 Å². The molecule has 1 saturated heterocycles. The molecule has 0 bridgehead atoms. The highest BCUT2D eigenvalue weighted by Crippen LogP contribution is 2.39. The molecule has 7 nitrogen and oxygen atoms in total. The molecule has 172 valence electrons. The number of carbonyl (C=O) groups excluding carboxylic acids is 1. The van der Waals surface area contributed by atoms with Crippen molar-refractivity contribution in [2.45, 2.75) is 33.6 Å². The van der Waals surface area contributed by atoms with Gasteiger partial charge in [-0.1, -0.05) is 12.1 Å². The number of nitrogens with zero attached hydrogens (tertiary/aromatic N) is 1. The molecule has 2 N–H and O–H groups in total. The zero-order chi connectivity index (χ0) is 22.9. The average molecular weight is 458 g/mol. The number of benzene rings is 2. The van der Waals surface area contributed by atoms with Gasteiger partial charge in [0.05, 0.1) is 31.2 Å². The van der Waals surface area contributed by atoms with Crippen LogP contribution in [0.15, 0.2) is 36.4 Å². The van der Waals surface area contributed by atoms with Crippen LogP contribution >= 0.6 is 12.2 Å². The molecule has 1 amide bonds. The molecule has 0 saturated carbocycles. The predicted molar refractivity (Wildman–Crippen MR) is 132 cm³/mol. The number of thiocarbonyl (C=S) groups is 1. The van der Waals surface area contributed by atoms with E-state index in [9.17, 15) is 4.79 Å². The van der Waals surface area contributed by atoms with Crippen molar-refractivity contribution in [3.8, 4) is 17.2 Å². The van der Waals surface area contributed by atoms with Gasteiger partial charge in [-0.2, -0.15) is 0 Å². The number of ether oxygens (including phenoxy) is 3. The summed E-state index contributed by atoms with van der Waals surface area (Å²) in [6, 6.07) is 11.3. The molecule has 1 fully saturated rings. The summed E-state index contributed by atoms with van der Waals surface area (Å²) in [5.74, 6) is 1.06. The first-order valence-corrected chi connectivity index (χ1v) is 11.5. The summed E-state index contributed by atoms with van der Waals surface area (Å²) in [6.45, 7) is 8.99. The molecule has 0 unspecified atom stereocenters. The van der Waals surface area contributed by atoms with Crippen molar-refractivity contribution in [3.63, 3.8) is 0 Å². The van der Waals surface area contributed by atoms with Crippen molar-refractivity contribution in [2.24, 2.45) is 0 Å². The standard InChI is InChI=1S/C24H31N3O4S/c1-4-29-20-15-17(16-21(30-5-2)22(20)31-6-3)23(28)26-24(32)25-18-11-7-8-12-19(18)27-13-9-10-14-27/h7-8,11-12,15-16H,4-6,9-10,13-14H2,1-3H3,(H2,25,26,28,32). The zero-order valence-corrected chi connectivity index (χ0v) is 19.7. The highest BCUT2D eigenvalue weighted by Gasteiger charge is 2.20. The largest absolute Gasteiger partial charge is 0.490 e. The molecule has 8 heteroatoms. The second-order valence-electron chi connectivity index (χ2n) is 7.22. The number of hydrogen-bond acceptors (Lipinski definition) is 6. The third-order valence-corrected chi connectivity index (χ3v) is 5.20. The van der Waals surface area contributed by atoms with Gasteiger partial charge in [0.25, 0.3) is 5.91 Å². The Hall–Kier alpha value is -3.00. The highest BCUT2D eigenvalue weighted by molar-refractivity contribution is 7.80. The van der Waals surface area contributed by atoms with Crippen molar-refractivity contribution in [1.29, 1.82) is 0 Å². The van der Waals surface area contributed by atoms with Gasteiger partial charge in [0.15, 0.2) is 16.6 Å². The second-order valence-corrected chi connectivity index (χ2v) is 7.63. The molecule has 1 aliphatic rings. The lowest BCUT2D eigenvalue weighted by molar-refractivity contribution is 0.0976. The Bertz CT molecular complexity index is 918. The summed E-state index contributed by atoms with van der Waals surface area (Å²) in [5.41, 5.74) is 2.33. The number of hydrogen-bond donors (Lipinski definition) is 2. The molecule has 0 spiro atoms. The molecule has 0 radical (unpaired) electrons. The van der Waals surface area contributed by atoms with Gasteiger partial charge in [0.1, 0.15) is 0 Å². The van der Waals surface area contributed by atoms with Crippen molar-refractivity contribution in [3.05, 3.63) is 42.0 Å². The topological polar surface area (TPSA) is 72.1 Å². The molecular formula is C24H31N3O4S. The molecule has 0 aromatic heterocycles. The molecular weight excluding hydrogens is 426 g/mol. The van der Waals surface area contributed by atoms with Crippen LogP contribution in [-0.4, -0.2) is 43.9 Å². The SMILES string of the molecule is CCOc1cc(C(=O)NC(=S)Nc2ccccc2N2CCCC2)cc(OCC)c1OCC. The van der Waals surface area contributed by atoms with Gasteiger partial charge < -0.3 is 24.4 Å². The van der Waals surface area contributed by atoms with E-state index in [1.165, 1.54) is 12.8 Å². The van der Waals surface area contributed by atoms with Crippen LogP contribution in [0.3, 0.4) is 0 Å². The predicted octanol–water partition coefficient (Wildman–Crippen LogP) is 4.61. The van der Waals surface area contributed by atoms with E-state index >= 15 is 0 Å². The smallest absolute Gasteiger partial charge is 0.257 e. The Labute approximate surface area is 195 Å². The van der Waals surface area contributed by atoms with Gasteiger partial charge in [-0.25, -0.2) is 0 Å². The van der Waals surface area contributed by atoms with E-state index in [1.54, 1.807) is 12.1 Å². The van der Waals surface area contributed by atoms with E-state index in [1.807, 2.05) is 39.0 Å². The molecule has 32 heavy (non-hydrogen) atoms. The van der Waals surface area contributed by atoms with Gasteiger partial charge in [-0.05, 0) is 70.1 Å². The Kier molecular flexibility index (Phi) is 8.56. The Morgan fingerprint density at radius 1 is 0.969 bits per heavy atom. The number of carbonyl (C=O) groups is 1. The van der Waals surface area contributed by atoms with Crippen molar-refractivity contribution in [2.75, 3.05) is 43.1 Å². The number of amides is 1. The van der Waals surface area contributed by atoms with Crippen LogP contribution in [0, 0.1) is 0 Å². The van der Waals surface area contributed by atoms with Crippen LogP contribution in [0.25, 0.3) is 0 Å². The Balaban J connectivity index is 1.77. The first kappa shape index (κ1) is 23.7. The minimum atomic E-state index is -0.355. The molecule has 1 heterocycles. The van der Waals surface area contributed by atoms with E-state index in [4.69, 9.17) is 26.4 Å². The summed E-state index contributed by atoms with van der Waals surface area (Å²) in [4.78, 5) is 15.3. The summed E-state index contributed by atoms with van der Waals surface area (Å²) in [6.07, 6.45) is 2.36. The maximum absolute atomic E-state index is 13.0. The van der Waals surface area contributed by atoms with Crippen LogP contribution < -0.4 is 29.7 Å². The number of rotatable bonds is 9. The Morgan fingerprint density at radius 2 is 1.56 bits per heavy atom. The van der Waals surface area contributed by atoms with Crippen LogP contribution in [0.2, 0.25) is 0 Å². The maximum atomic E-state index is 13.0. The van der Waals surface area contributed by atoms with Crippen molar-refractivity contribution in [1.82, 2.24) is 5.32 Å². The highest BCUT2D eigenvalue weighted by atomic mass is 32.1. The van der Waals surface area contributed by atoms with Gasteiger partial charge in [-0.15, -0.1) is 0 Å². The molecule has 3 rings (SSSR count). The van der Waals surface area contributed by atoms with E-state index in [0.717, 1.165) is 24.5 Å². The van der Waals surface area contributed by atoms with Crippen molar-refractivity contribution >= 4 is 34.6 Å². The van der Waals surface area contributed by atoms with E-state index < -0.39 is 0 Å².